The summed E-state index contributed by atoms with van der Waals surface area (Å²) in [6.45, 7) is 3.58. The highest BCUT2D eigenvalue weighted by Gasteiger charge is 2.13. The van der Waals surface area contributed by atoms with Crippen molar-refractivity contribution >= 4 is 5.97 Å². The first-order chi connectivity index (χ1) is 8.00. The number of carbonyl (C=O) groups is 1. The molecule has 0 spiro atoms. The van der Waals surface area contributed by atoms with Crippen molar-refractivity contribution in [3.05, 3.63) is 35.0 Å². The Kier molecular flexibility index (Phi) is 2.59. The van der Waals surface area contributed by atoms with Crippen molar-refractivity contribution in [1.29, 1.82) is 0 Å². The number of phenols is 1. The highest BCUT2D eigenvalue weighted by atomic mass is 16.4. The number of carboxylic acid groups (broad SMARTS) is 1. The molecule has 3 N–H and O–H groups in total. The highest BCUT2D eigenvalue weighted by molar-refractivity contribution is 5.87. The topological polar surface area (TPSA) is 86.2 Å². The van der Waals surface area contributed by atoms with Gasteiger partial charge in [-0.15, -0.1) is 0 Å². The van der Waals surface area contributed by atoms with E-state index in [0.29, 0.717) is 11.3 Å². The van der Waals surface area contributed by atoms with Gasteiger partial charge in [0.1, 0.15) is 11.4 Å². The summed E-state index contributed by atoms with van der Waals surface area (Å²) in [5, 5.41) is 25.0. The lowest BCUT2D eigenvalue weighted by molar-refractivity contribution is 0.0690. The third-order valence-electron chi connectivity index (χ3n) is 2.72. The molecule has 0 atom stereocenters. The molecule has 17 heavy (non-hydrogen) atoms. The second-order valence-corrected chi connectivity index (χ2v) is 3.88. The van der Waals surface area contributed by atoms with Crippen LogP contribution in [0.4, 0.5) is 0 Å². The van der Waals surface area contributed by atoms with Crippen LogP contribution < -0.4 is 0 Å². The van der Waals surface area contributed by atoms with Crippen LogP contribution in [0.3, 0.4) is 0 Å². The van der Waals surface area contributed by atoms with Gasteiger partial charge in [-0.1, -0.05) is 12.1 Å². The molecule has 1 aromatic heterocycles. The minimum atomic E-state index is -1.06. The van der Waals surface area contributed by atoms with E-state index in [2.05, 4.69) is 10.2 Å². The van der Waals surface area contributed by atoms with E-state index in [1.807, 2.05) is 6.07 Å². The Morgan fingerprint density at radius 1 is 1.35 bits per heavy atom. The van der Waals surface area contributed by atoms with Crippen LogP contribution in [0.5, 0.6) is 5.75 Å². The standard InChI is InChI=1S/C12H12N2O3/c1-6-3-4-8(7(2)11(6)15)9-5-10(12(16)17)14-13-9/h3-5,15H,1-2H3,(H,13,14)(H,16,17). The van der Waals surface area contributed by atoms with Crippen LogP contribution in [-0.4, -0.2) is 26.4 Å². The molecule has 0 saturated heterocycles. The monoisotopic (exact) mass is 232 g/mol. The number of hydrogen-bond donors (Lipinski definition) is 3. The van der Waals surface area contributed by atoms with E-state index in [0.717, 1.165) is 11.1 Å². The maximum absolute atomic E-state index is 10.7. The van der Waals surface area contributed by atoms with E-state index < -0.39 is 5.97 Å². The van der Waals surface area contributed by atoms with Gasteiger partial charge in [0.15, 0.2) is 0 Å². The van der Waals surface area contributed by atoms with Crippen molar-refractivity contribution in [1.82, 2.24) is 10.2 Å². The zero-order valence-electron chi connectivity index (χ0n) is 9.48. The number of nitrogens with zero attached hydrogens (tertiary/aromatic N) is 1. The number of aryl methyl sites for hydroxylation is 1. The smallest absolute Gasteiger partial charge is 0.353 e. The molecule has 2 aromatic rings. The fourth-order valence-corrected chi connectivity index (χ4v) is 1.68. The van der Waals surface area contributed by atoms with Gasteiger partial charge in [0.25, 0.3) is 0 Å². The number of aromatic carboxylic acids is 1. The summed E-state index contributed by atoms with van der Waals surface area (Å²) in [6, 6.07) is 5.03. The largest absolute Gasteiger partial charge is 0.507 e. The van der Waals surface area contributed by atoms with Crippen molar-refractivity contribution in [2.45, 2.75) is 13.8 Å². The van der Waals surface area contributed by atoms with Gasteiger partial charge in [0.2, 0.25) is 0 Å². The predicted molar refractivity (Wildman–Crippen MR) is 62.1 cm³/mol. The average Bonchev–Trinajstić information content (AvgIpc) is 2.75. The Morgan fingerprint density at radius 2 is 2.06 bits per heavy atom. The number of aromatic hydroxyl groups is 1. The zero-order chi connectivity index (χ0) is 12.6. The normalized spacial score (nSPS) is 10.5. The highest BCUT2D eigenvalue weighted by Crippen LogP contribution is 2.30. The summed E-state index contributed by atoms with van der Waals surface area (Å²) in [5.41, 5.74) is 2.72. The first kappa shape index (κ1) is 11.2. The second-order valence-electron chi connectivity index (χ2n) is 3.88. The lowest BCUT2D eigenvalue weighted by Gasteiger charge is -2.07. The molecule has 1 heterocycles. The van der Waals surface area contributed by atoms with Crippen molar-refractivity contribution in [2.75, 3.05) is 0 Å². The van der Waals surface area contributed by atoms with Gasteiger partial charge < -0.3 is 10.2 Å². The number of nitrogens with one attached hydrogen (secondary N) is 1. The van der Waals surface area contributed by atoms with E-state index in [-0.39, 0.29) is 11.4 Å². The molecule has 0 fully saturated rings. The number of hydrogen-bond acceptors (Lipinski definition) is 3. The van der Waals surface area contributed by atoms with Crippen molar-refractivity contribution in [2.24, 2.45) is 0 Å². The van der Waals surface area contributed by atoms with E-state index in [4.69, 9.17) is 5.11 Å². The van der Waals surface area contributed by atoms with Crippen LogP contribution in [-0.2, 0) is 0 Å². The third-order valence-corrected chi connectivity index (χ3v) is 2.72. The van der Waals surface area contributed by atoms with Crippen LogP contribution >= 0.6 is 0 Å². The number of carboxylic acids is 1. The molecule has 5 nitrogen and oxygen atoms in total. The fraction of sp³-hybridized carbons (Fsp3) is 0.167. The number of rotatable bonds is 2. The third kappa shape index (κ3) is 1.87. The molecule has 0 aliphatic carbocycles. The number of phenolic OH excluding ortho intramolecular Hbond substituents is 1. The molecule has 0 aliphatic rings. The van der Waals surface area contributed by atoms with Gasteiger partial charge in [0, 0.05) is 11.1 Å². The molecule has 88 valence electrons. The van der Waals surface area contributed by atoms with Gasteiger partial charge in [-0.3, -0.25) is 5.10 Å². The number of aromatic nitrogens is 2. The summed E-state index contributed by atoms with van der Waals surface area (Å²) in [7, 11) is 0. The van der Waals surface area contributed by atoms with Crippen molar-refractivity contribution < 1.29 is 15.0 Å². The molecule has 0 radical (unpaired) electrons. The lowest BCUT2D eigenvalue weighted by atomic mass is 10.0. The van der Waals surface area contributed by atoms with Crippen LogP contribution in [0.1, 0.15) is 21.6 Å². The van der Waals surface area contributed by atoms with E-state index in [9.17, 15) is 9.90 Å². The first-order valence-corrected chi connectivity index (χ1v) is 5.09. The molecule has 2 rings (SSSR count). The van der Waals surface area contributed by atoms with E-state index in [1.165, 1.54) is 6.07 Å². The van der Waals surface area contributed by atoms with E-state index in [1.54, 1.807) is 19.9 Å². The molecule has 0 bridgehead atoms. The van der Waals surface area contributed by atoms with Crippen LogP contribution in [0, 0.1) is 13.8 Å². The van der Waals surface area contributed by atoms with Gasteiger partial charge in [-0.25, -0.2) is 4.79 Å². The van der Waals surface area contributed by atoms with Crippen LogP contribution in [0.2, 0.25) is 0 Å². The summed E-state index contributed by atoms with van der Waals surface area (Å²) >= 11 is 0. The summed E-state index contributed by atoms with van der Waals surface area (Å²) < 4.78 is 0. The SMILES string of the molecule is Cc1ccc(-c2cc(C(=O)O)[nH]n2)c(C)c1O. The lowest BCUT2D eigenvalue weighted by Crippen LogP contribution is -1.95. The van der Waals surface area contributed by atoms with Gasteiger partial charge in [-0.2, -0.15) is 5.10 Å². The molecule has 0 unspecified atom stereocenters. The molecule has 0 amide bonds. The van der Waals surface area contributed by atoms with Crippen molar-refractivity contribution in [3.8, 4) is 17.0 Å². The Balaban J connectivity index is 2.53. The van der Waals surface area contributed by atoms with Crippen LogP contribution in [0.25, 0.3) is 11.3 Å². The number of aromatic amines is 1. The molecule has 0 saturated carbocycles. The molecular weight excluding hydrogens is 220 g/mol. The maximum Gasteiger partial charge on any atom is 0.353 e. The summed E-state index contributed by atoms with van der Waals surface area (Å²) in [5.74, 6) is -0.847. The predicted octanol–water partition coefficient (Wildman–Crippen LogP) is 2.10. The number of benzene rings is 1. The minimum Gasteiger partial charge on any atom is -0.507 e. The van der Waals surface area contributed by atoms with Crippen molar-refractivity contribution in [3.63, 3.8) is 0 Å². The molecule has 5 heteroatoms. The fourth-order valence-electron chi connectivity index (χ4n) is 1.68. The first-order valence-electron chi connectivity index (χ1n) is 5.09. The second kappa shape index (κ2) is 3.93. The van der Waals surface area contributed by atoms with Crippen LogP contribution in [0.15, 0.2) is 18.2 Å². The Morgan fingerprint density at radius 3 is 2.65 bits per heavy atom. The summed E-state index contributed by atoms with van der Waals surface area (Å²) in [6.07, 6.45) is 0. The zero-order valence-corrected chi connectivity index (χ0v) is 9.48. The maximum atomic E-state index is 10.7. The van der Waals surface area contributed by atoms with Gasteiger partial charge in [0.05, 0.1) is 5.69 Å². The van der Waals surface area contributed by atoms with Gasteiger partial charge in [-0.05, 0) is 25.5 Å². The minimum absolute atomic E-state index is 0.0273. The van der Waals surface area contributed by atoms with Gasteiger partial charge >= 0.3 is 5.97 Å². The Labute approximate surface area is 97.7 Å². The molecule has 1 aromatic carbocycles. The number of H-pyrrole nitrogens is 1. The summed E-state index contributed by atoms with van der Waals surface area (Å²) in [4.78, 5) is 10.7. The Hall–Kier alpha value is -2.30. The average molecular weight is 232 g/mol. The quantitative estimate of drug-likeness (QED) is 0.740. The Bertz CT molecular complexity index is 587. The van der Waals surface area contributed by atoms with E-state index >= 15 is 0 Å². The molecular formula is C12H12N2O3. The molecule has 0 aliphatic heterocycles.